The lowest BCUT2D eigenvalue weighted by molar-refractivity contribution is 0.0793. The molecule has 3 nitrogen and oxygen atoms in total. The number of hydrogen-bond acceptors (Lipinski definition) is 3. The SMILES string of the molecule is CCC(CO)(CO)NC(C)c1cc(F)c(Cl)cc1Cl. The predicted molar refractivity (Wildman–Crippen MR) is 75.2 cm³/mol. The lowest BCUT2D eigenvalue weighted by Crippen LogP contribution is -2.52. The Kier molecular flexibility index (Phi) is 6.02. The number of aliphatic hydroxyl groups is 2. The van der Waals surface area contributed by atoms with Crippen LogP contribution in [-0.4, -0.2) is 29.0 Å². The van der Waals surface area contributed by atoms with E-state index in [0.717, 1.165) is 0 Å². The molecule has 0 saturated carbocycles. The molecule has 0 heterocycles. The molecule has 19 heavy (non-hydrogen) atoms. The Hall–Kier alpha value is -0.390. The van der Waals surface area contributed by atoms with Crippen LogP contribution in [0.1, 0.15) is 31.9 Å². The van der Waals surface area contributed by atoms with E-state index in [4.69, 9.17) is 23.2 Å². The van der Waals surface area contributed by atoms with Crippen molar-refractivity contribution in [3.05, 3.63) is 33.6 Å². The highest BCUT2D eigenvalue weighted by Crippen LogP contribution is 2.30. The Morgan fingerprint density at radius 2 is 1.84 bits per heavy atom. The number of nitrogens with one attached hydrogen (secondary N) is 1. The maximum Gasteiger partial charge on any atom is 0.142 e. The lowest BCUT2D eigenvalue weighted by Gasteiger charge is -2.33. The quantitative estimate of drug-likeness (QED) is 0.708. The number of benzene rings is 1. The fourth-order valence-electron chi connectivity index (χ4n) is 1.87. The van der Waals surface area contributed by atoms with Crippen molar-refractivity contribution in [1.29, 1.82) is 0 Å². The van der Waals surface area contributed by atoms with Crippen molar-refractivity contribution in [2.75, 3.05) is 13.2 Å². The second kappa shape index (κ2) is 6.86. The minimum atomic E-state index is -0.821. The van der Waals surface area contributed by atoms with Crippen molar-refractivity contribution in [2.45, 2.75) is 31.8 Å². The van der Waals surface area contributed by atoms with Crippen molar-refractivity contribution in [2.24, 2.45) is 0 Å². The van der Waals surface area contributed by atoms with Crippen molar-refractivity contribution in [3.8, 4) is 0 Å². The molecule has 6 heteroatoms. The minimum absolute atomic E-state index is 0.0352. The molecule has 1 atom stereocenters. The average Bonchev–Trinajstić information content (AvgIpc) is 2.40. The molecule has 0 aliphatic heterocycles. The van der Waals surface area contributed by atoms with E-state index < -0.39 is 11.4 Å². The summed E-state index contributed by atoms with van der Waals surface area (Å²) in [7, 11) is 0. The Labute approximate surface area is 122 Å². The van der Waals surface area contributed by atoms with E-state index in [1.165, 1.54) is 12.1 Å². The summed E-state index contributed by atoms with van der Waals surface area (Å²) in [5.41, 5.74) is -0.290. The predicted octanol–water partition coefficient (Wildman–Crippen LogP) is 2.92. The summed E-state index contributed by atoms with van der Waals surface area (Å²) in [4.78, 5) is 0. The zero-order valence-corrected chi connectivity index (χ0v) is 12.4. The van der Waals surface area contributed by atoms with Crippen LogP contribution in [0.3, 0.4) is 0 Å². The first-order valence-corrected chi connectivity index (χ1v) is 6.78. The van der Waals surface area contributed by atoms with Gasteiger partial charge in [0, 0.05) is 11.1 Å². The topological polar surface area (TPSA) is 52.5 Å². The summed E-state index contributed by atoms with van der Waals surface area (Å²) < 4.78 is 13.5. The van der Waals surface area contributed by atoms with Gasteiger partial charge in [-0.2, -0.15) is 0 Å². The van der Waals surface area contributed by atoms with Crippen LogP contribution < -0.4 is 5.32 Å². The summed E-state index contributed by atoms with van der Waals surface area (Å²) in [5.74, 6) is -0.551. The van der Waals surface area contributed by atoms with Crippen LogP contribution in [0.5, 0.6) is 0 Å². The zero-order valence-electron chi connectivity index (χ0n) is 10.9. The molecule has 1 unspecified atom stereocenters. The molecular formula is C13H18Cl2FNO2. The van der Waals surface area contributed by atoms with E-state index in [0.29, 0.717) is 17.0 Å². The molecule has 3 N–H and O–H groups in total. The molecular weight excluding hydrogens is 292 g/mol. The van der Waals surface area contributed by atoms with Crippen LogP contribution in [-0.2, 0) is 0 Å². The first-order chi connectivity index (χ1) is 8.89. The van der Waals surface area contributed by atoms with Gasteiger partial charge in [0.05, 0.1) is 23.8 Å². The second-order valence-corrected chi connectivity index (χ2v) is 5.42. The van der Waals surface area contributed by atoms with Crippen LogP contribution in [0, 0.1) is 5.82 Å². The molecule has 1 aromatic carbocycles. The van der Waals surface area contributed by atoms with Crippen molar-refractivity contribution in [1.82, 2.24) is 5.32 Å². The largest absolute Gasteiger partial charge is 0.394 e. The molecule has 0 amide bonds. The Morgan fingerprint density at radius 1 is 1.26 bits per heavy atom. The van der Waals surface area contributed by atoms with E-state index in [-0.39, 0.29) is 24.3 Å². The minimum Gasteiger partial charge on any atom is -0.394 e. The van der Waals surface area contributed by atoms with Gasteiger partial charge >= 0.3 is 0 Å². The molecule has 1 aromatic rings. The van der Waals surface area contributed by atoms with Gasteiger partial charge in [0.15, 0.2) is 0 Å². The van der Waals surface area contributed by atoms with E-state index >= 15 is 0 Å². The number of rotatable bonds is 6. The molecule has 0 radical (unpaired) electrons. The number of aliphatic hydroxyl groups excluding tert-OH is 2. The van der Waals surface area contributed by atoms with Crippen LogP contribution >= 0.6 is 23.2 Å². The third-order valence-electron chi connectivity index (χ3n) is 3.31. The van der Waals surface area contributed by atoms with Gasteiger partial charge in [-0.25, -0.2) is 4.39 Å². The summed E-state index contributed by atoms with van der Waals surface area (Å²) in [6, 6.07) is 2.27. The van der Waals surface area contributed by atoms with Crippen molar-refractivity contribution in [3.63, 3.8) is 0 Å². The lowest BCUT2D eigenvalue weighted by atomic mass is 9.95. The van der Waals surface area contributed by atoms with Gasteiger partial charge < -0.3 is 15.5 Å². The smallest absolute Gasteiger partial charge is 0.142 e. The molecule has 0 saturated heterocycles. The third-order valence-corrected chi connectivity index (χ3v) is 3.93. The molecule has 0 aliphatic carbocycles. The Bertz CT molecular complexity index is 431. The van der Waals surface area contributed by atoms with E-state index in [2.05, 4.69) is 5.32 Å². The van der Waals surface area contributed by atoms with Crippen LogP contribution in [0.4, 0.5) is 4.39 Å². The highest BCUT2D eigenvalue weighted by atomic mass is 35.5. The molecule has 1 rings (SSSR count). The van der Waals surface area contributed by atoms with E-state index in [1.807, 2.05) is 6.92 Å². The Morgan fingerprint density at radius 3 is 2.32 bits per heavy atom. The van der Waals surface area contributed by atoms with Gasteiger partial charge in [-0.1, -0.05) is 30.1 Å². The third kappa shape index (κ3) is 3.80. The monoisotopic (exact) mass is 309 g/mol. The Balaban J connectivity index is 3.01. The molecule has 0 spiro atoms. The fourth-order valence-corrected chi connectivity index (χ4v) is 2.42. The van der Waals surface area contributed by atoms with Crippen molar-refractivity contribution >= 4 is 23.2 Å². The van der Waals surface area contributed by atoms with Crippen LogP contribution in [0.15, 0.2) is 12.1 Å². The van der Waals surface area contributed by atoms with Crippen molar-refractivity contribution < 1.29 is 14.6 Å². The van der Waals surface area contributed by atoms with Crippen LogP contribution in [0.2, 0.25) is 10.0 Å². The van der Waals surface area contributed by atoms with Gasteiger partial charge in [0.25, 0.3) is 0 Å². The van der Waals surface area contributed by atoms with E-state index in [9.17, 15) is 14.6 Å². The van der Waals surface area contributed by atoms with Gasteiger partial charge in [0.2, 0.25) is 0 Å². The number of halogens is 3. The van der Waals surface area contributed by atoms with E-state index in [1.54, 1.807) is 6.92 Å². The molecule has 0 bridgehead atoms. The molecule has 0 fully saturated rings. The summed E-state index contributed by atoms with van der Waals surface area (Å²) in [5, 5.41) is 22.2. The van der Waals surface area contributed by atoms with Crippen LogP contribution in [0.25, 0.3) is 0 Å². The fraction of sp³-hybridized carbons (Fsp3) is 0.538. The molecule has 0 aliphatic rings. The van der Waals surface area contributed by atoms with Gasteiger partial charge in [-0.3, -0.25) is 0 Å². The highest BCUT2D eigenvalue weighted by molar-refractivity contribution is 6.35. The van der Waals surface area contributed by atoms with Gasteiger partial charge in [-0.15, -0.1) is 0 Å². The zero-order chi connectivity index (χ0) is 14.6. The highest BCUT2D eigenvalue weighted by Gasteiger charge is 2.29. The number of hydrogen-bond donors (Lipinski definition) is 3. The maximum absolute atomic E-state index is 13.5. The standard InChI is InChI=1S/C13H18Cl2FNO2/c1-3-13(6-18,7-19)17-8(2)9-4-12(16)11(15)5-10(9)14/h4-5,8,17-19H,3,6-7H2,1-2H3. The normalized spacial score (nSPS) is 13.6. The van der Waals surface area contributed by atoms with Gasteiger partial charge in [-0.05, 0) is 31.0 Å². The molecule has 0 aromatic heterocycles. The second-order valence-electron chi connectivity index (χ2n) is 4.60. The average molecular weight is 310 g/mol. The summed E-state index contributed by atoms with van der Waals surface area (Å²) in [6.45, 7) is 3.18. The van der Waals surface area contributed by atoms with Gasteiger partial charge in [0.1, 0.15) is 5.82 Å². The first-order valence-electron chi connectivity index (χ1n) is 6.03. The molecule has 108 valence electrons. The summed E-state index contributed by atoms with van der Waals surface area (Å²) >= 11 is 11.7. The first kappa shape index (κ1) is 16.7. The maximum atomic E-state index is 13.5. The summed E-state index contributed by atoms with van der Waals surface area (Å²) in [6.07, 6.45) is 0.526.